The van der Waals surface area contributed by atoms with Crippen molar-refractivity contribution in [2.45, 2.75) is 18.9 Å². The number of carbonyl (C=O) groups excluding carboxylic acids is 1. The van der Waals surface area contributed by atoms with Crippen molar-refractivity contribution < 1.29 is 9.90 Å². The number of fused-ring (bicyclic) bond motifs is 3. The molecule has 6 nitrogen and oxygen atoms in total. The second-order valence-corrected chi connectivity index (χ2v) is 6.47. The minimum Gasteiger partial charge on any atom is -0.392 e. The number of aromatic nitrogens is 2. The molecule has 4 rings (SSSR count). The molecule has 2 fully saturated rings. The molecule has 2 unspecified atom stereocenters. The zero-order chi connectivity index (χ0) is 15.3. The average molecular weight is 300 g/mol. The predicted molar refractivity (Wildman–Crippen MR) is 83.5 cm³/mol. The van der Waals surface area contributed by atoms with E-state index in [1.807, 2.05) is 34.8 Å². The number of likely N-dealkylation sites (tertiary alicyclic amines) is 1. The number of benzene rings is 1. The Labute approximate surface area is 128 Å². The summed E-state index contributed by atoms with van der Waals surface area (Å²) in [6, 6.07) is 5.72. The number of nitrogens with one attached hydrogen (secondary N) is 1. The largest absolute Gasteiger partial charge is 0.392 e. The van der Waals surface area contributed by atoms with Crippen LogP contribution in [0.25, 0.3) is 10.9 Å². The lowest BCUT2D eigenvalue weighted by Gasteiger charge is -2.35. The van der Waals surface area contributed by atoms with Crippen molar-refractivity contribution in [1.82, 2.24) is 14.7 Å². The van der Waals surface area contributed by atoms with Crippen molar-refractivity contribution in [3.05, 3.63) is 24.4 Å². The molecule has 0 spiro atoms. The number of urea groups is 1. The summed E-state index contributed by atoms with van der Waals surface area (Å²) in [7, 11) is 1.90. The summed E-state index contributed by atoms with van der Waals surface area (Å²) < 4.78 is 1.81. The van der Waals surface area contributed by atoms with Gasteiger partial charge in [0, 0.05) is 43.0 Å². The lowest BCUT2D eigenvalue weighted by molar-refractivity contribution is 0.0326. The number of aliphatic hydroxyl groups excluding tert-OH is 1. The summed E-state index contributed by atoms with van der Waals surface area (Å²) in [5.74, 6) is 0.482. The molecule has 2 aromatic rings. The van der Waals surface area contributed by atoms with Gasteiger partial charge in [-0.2, -0.15) is 5.10 Å². The van der Waals surface area contributed by atoms with Crippen LogP contribution in [-0.2, 0) is 7.05 Å². The van der Waals surface area contributed by atoms with E-state index in [4.69, 9.17) is 0 Å². The fourth-order valence-electron chi connectivity index (χ4n) is 3.80. The number of nitrogens with zero attached hydrogens (tertiary/aromatic N) is 3. The van der Waals surface area contributed by atoms with Crippen LogP contribution in [0, 0.1) is 11.8 Å². The maximum absolute atomic E-state index is 12.4. The summed E-state index contributed by atoms with van der Waals surface area (Å²) in [5.41, 5.74) is 1.82. The predicted octanol–water partition coefficient (Wildman–Crippen LogP) is 1.81. The van der Waals surface area contributed by atoms with E-state index in [0.29, 0.717) is 13.1 Å². The van der Waals surface area contributed by atoms with Crippen LogP contribution in [-0.4, -0.2) is 45.0 Å². The van der Waals surface area contributed by atoms with Gasteiger partial charge in [-0.25, -0.2) is 4.79 Å². The molecule has 1 saturated carbocycles. The monoisotopic (exact) mass is 300 g/mol. The van der Waals surface area contributed by atoms with E-state index in [-0.39, 0.29) is 24.0 Å². The third kappa shape index (κ3) is 2.14. The lowest BCUT2D eigenvalue weighted by atomic mass is 9.95. The Morgan fingerprint density at radius 1 is 1.32 bits per heavy atom. The fourth-order valence-corrected chi connectivity index (χ4v) is 3.80. The Kier molecular flexibility index (Phi) is 3.07. The SMILES string of the molecule is Cn1ncc2cc(NC(=O)N3CC4CCC(C3)C4O)ccc21. The van der Waals surface area contributed by atoms with Gasteiger partial charge in [0.05, 0.1) is 17.8 Å². The number of amides is 2. The first-order valence-electron chi connectivity index (χ1n) is 7.77. The van der Waals surface area contributed by atoms with E-state index in [9.17, 15) is 9.90 Å². The standard InChI is InChI=1S/C16H20N4O2/c1-19-14-5-4-13(6-12(14)7-17-19)18-16(22)20-8-10-2-3-11(9-20)15(10)21/h4-7,10-11,15,21H,2-3,8-9H2,1H3,(H,18,22). The van der Waals surface area contributed by atoms with Gasteiger partial charge in [-0.3, -0.25) is 4.68 Å². The van der Waals surface area contributed by atoms with Crippen LogP contribution >= 0.6 is 0 Å². The van der Waals surface area contributed by atoms with E-state index >= 15 is 0 Å². The van der Waals surface area contributed by atoms with Gasteiger partial charge >= 0.3 is 6.03 Å². The van der Waals surface area contributed by atoms with Crippen LogP contribution in [0.15, 0.2) is 24.4 Å². The second kappa shape index (κ2) is 4.98. The highest BCUT2D eigenvalue weighted by Gasteiger charge is 2.42. The Morgan fingerprint density at radius 3 is 2.77 bits per heavy atom. The molecule has 1 aromatic carbocycles. The number of rotatable bonds is 1. The Morgan fingerprint density at radius 2 is 2.05 bits per heavy atom. The number of piperidine rings is 1. The number of anilines is 1. The third-order valence-corrected chi connectivity index (χ3v) is 5.07. The molecule has 1 aliphatic heterocycles. The van der Waals surface area contributed by atoms with Gasteiger partial charge in [-0.05, 0) is 31.0 Å². The first-order valence-corrected chi connectivity index (χ1v) is 7.77. The van der Waals surface area contributed by atoms with Crippen LogP contribution in [0.5, 0.6) is 0 Å². The fraction of sp³-hybridized carbons (Fsp3) is 0.500. The van der Waals surface area contributed by atoms with Gasteiger partial charge in [-0.1, -0.05) is 0 Å². The smallest absolute Gasteiger partial charge is 0.321 e. The molecule has 2 bridgehead atoms. The van der Waals surface area contributed by atoms with Crippen molar-refractivity contribution in [1.29, 1.82) is 0 Å². The molecular formula is C16H20N4O2. The molecule has 1 aromatic heterocycles. The van der Waals surface area contributed by atoms with Crippen molar-refractivity contribution in [3.63, 3.8) is 0 Å². The Bertz CT molecular complexity index is 712. The Balaban J connectivity index is 1.49. The van der Waals surface area contributed by atoms with Crippen LogP contribution in [0.1, 0.15) is 12.8 Å². The molecule has 0 radical (unpaired) electrons. The molecule has 2 amide bonds. The van der Waals surface area contributed by atoms with E-state index in [1.54, 1.807) is 6.20 Å². The van der Waals surface area contributed by atoms with E-state index in [2.05, 4.69) is 10.4 Å². The molecule has 2 heterocycles. The summed E-state index contributed by atoms with van der Waals surface area (Å²) in [6.07, 6.45) is 3.62. The first-order chi connectivity index (χ1) is 10.6. The maximum Gasteiger partial charge on any atom is 0.321 e. The highest BCUT2D eigenvalue weighted by atomic mass is 16.3. The van der Waals surface area contributed by atoms with Gasteiger partial charge in [0.1, 0.15) is 0 Å². The van der Waals surface area contributed by atoms with Crippen LogP contribution in [0.3, 0.4) is 0 Å². The third-order valence-electron chi connectivity index (χ3n) is 5.07. The lowest BCUT2D eigenvalue weighted by Crippen LogP contribution is -2.48. The molecule has 2 aliphatic rings. The maximum atomic E-state index is 12.4. The van der Waals surface area contributed by atoms with E-state index in [0.717, 1.165) is 29.4 Å². The summed E-state index contributed by atoms with van der Waals surface area (Å²) >= 11 is 0. The van der Waals surface area contributed by atoms with Crippen molar-refractivity contribution >= 4 is 22.6 Å². The van der Waals surface area contributed by atoms with E-state index in [1.165, 1.54) is 0 Å². The zero-order valence-electron chi connectivity index (χ0n) is 12.6. The molecule has 2 N–H and O–H groups in total. The highest BCUT2D eigenvalue weighted by Crippen LogP contribution is 2.36. The molecule has 1 saturated heterocycles. The van der Waals surface area contributed by atoms with Crippen LogP contribution in [0.4, 0.5) is 10.5 Å². The zero-order valence-corrected chi connectivity index (χ0v) is 12.6. The molecule has 22 heavy (non-hydrogen) atoms. The van der Waals surface area contributed by atoms with Crippen LogP contribution in [0.2, 0.25) is 0 Å². The van der Waals surface area contributed by atoms with Crippen LogP contribution < -0.4 is 5.32 Å². The summed E-state index contributed by atoms with van der Waals surface area (Å²) in [4.78, 5) is 14.3. The number of carbonyl (C=O) groups is 1. The van der Waals surface area contributed by atoms with Gasteiger partial charge in [0.25, 0.3) is 0 Å². The van der Waals surface area contributed by atoms with Gasteiger partial charge in [-0.15, -0.1) is 0 Å². The first kappa shape index (κ1) is 13.6. The normalized spacial score (nSPS) is 27.4. The quantitative estimate of drug-likeness (QED) is 0.844. The number of aliphatic hydroxyl groups is 1. The van der Waals surface area contributed by atoms with E-state index < -0.39 is 0 Å². The molecular weight excluding hydrogens is 280 g/mol. The minimum absolute atomic E-state index is 0.0768. The summed E-state index contributed by atoms with van der Waals surface area (Å²) in [5, 5.41) is 18.2. The molecule has 2 atom stereocenters. The van der Waals surface area contributed by atoms with Crippen molar-refractivity contribution in [2.75, 3.05) is 18.4 Å². The number of hydrogen-bond acceptors (Lipinski definition) is 3. The molecule has 6 heteroatoms. The molecule has 116 valence electrons. The summed E-state index contributed by atoms with van der Waals surface area (Å²) in [6.45, 7) is 1.30. The topological polar surface area (TPSA) is 70.4 Å². The minimum atomic E-state index is -0.226. The van der Waals surface area contributed by atoms with Crippen molar-refractivity contribution in [3.8, 4) is 0 Å². The van der Waals surface area contributed by atoms with Gasteiger partial charge in [0.15, 0.2) is 0 Å². The van der Waals surface area contributed by atoms with Gasteiger partial charge in [0.2, 0.25) is 0 Å². The molecule has 1 aliphatic carbocycles. The second-order valence-electron chi connectivity index (χ2n) is 6.47. The number of hydrogen-bond donors (Lipinski definition) is 2. The highest BCUT2D eigenvalue weighted by molar-refractivity contribution is 5.92. The Hall–Kier alpha value is -2.08. The average Bonchev–Trinajstić information content (AvgIpc) is 2.94. The van der Waals surface area contributed by atoms with Crippen molar-refractivity contribution in [2.24, 2.45) is 18.9 Å². The van der Waals surface area contributed by atoms with Gasteiger partial charge < -0.3 is 15.3 Å². The number of aryl methyl sites for hydroxylation is 1.